The highest BCUT2D eigenvalue weighted by Crippen LogP contribution is 2.01. The van der Waals surface area contributed by atoms with Gasteiger partial charge in [0.25, 0.3) is 0 Å². The summed E-state index contributed by atoms with van der Waals surface area (Å²) in [5, 5.41) is 26.0. The van der Waals surface area contributed by atoms with Gasteiger partial charge in [0.1, 0.15) is 17.9 Å². The van der Waals surface area contributed by atoms with Gasteiger partial charge in [-0.05, 0) is 11.8 Å². The smallest absolute Gasteiger partial charge is 0.432 e. The van der Waals surface area contributed by atoms with E-state index in [0.29, 0.717) is 5.69 Å². The molecule has 1 atom stereocenters. The lowest BCUT2D eigenvalue weighted by Gasteiger charge is -1.99. The fourth-order valence-electron chi connectivity index (χ4n) is 0.767. The zero-order chi connectivity index (χ0) is 14.3. The number of nitro groups is 1. The van der Waals surface area contributed by atoms with Gasteiger partial charge in [-0.15, -0.1) is 0 Å². The molecule has 0 bridgehead atoms. The molecule has 10 nitrogen and oxygen atoms in total. The van der Waals surface area contributed by atoms with E-state index >= 15 is 0 Å². The molecule has 1 aromatic heterocycles. The summed E-state index contributed by atoms with van der Waals surface area (Å²) in [5.74, 6) is -2.70. The number of carboxylic acid groups (broad SMARTS) is 2. The summed E-state index contributed by atoms with van der Waals surface area (Å²) in [6.45, 7) is 1.71. The van der Waals surface area contributed by atoms with E-state index in [4.69, 9.17) is 15.9 Å². The van der Waals surface area contributed by atoms with Gasteiger partial charge >= 0.3 is 17.9 Å². The Hall–Kier alpha value is -2.49. The van der Waals surface area contributed by atoms with Crippen molar-refractivity contribution in [1.29, 1.82) is 0 Å². The number of imidazole rings is 1. The van der Waals surface area contributed by atoms with Crippen molar-refractivity contribution in [2.75, 3.05) is 0 Å². The molecule has 0 saturated carbocycles. The predicted octanol–water partition coefficient (Wildman–Crippen LogP) is -0.501. The van der Waals surface area contributed by atoms with Gasteiger partial charge in [0.2, 0.25) is 0 Å². The lowest BCUT2D eigenvalue weighted by molar-refractivity contribution is -0.393. The average Bonchev–Trinajstić information content (AvgIpc) is 2.64. The molecule has 1 aromatic rings. The Morgan fingerprint density at radius 2 is 2.17 bits per heavy atom. The van der Waals surface area contributed by atoms with Crippen LogP contribution in [0.2, 0.25) is 0 Å². The monoisotopic (exact) mass is 260 g/mol. The number of aliphatic carboxylic acids is 2. The average molecular weight is 260 g/mol. The number of carboxylic acids is 2. The first kappa shape index (κ1) is 15.5. The van der Waals surface area contributed by atoms with E-state index in [0.717, 1.165) is 0 Å². The molecule has 0 aliphatic rings. The van der Waals surface area contributed by atoms with E-state index in [2.05, 4.69) is 9.97 Å². The maximum atomic E-state index is 9.93. The first-order valence-electron chi connectivity index (χ1n) is 4.60. The van der Waals surface area contributed by atoms with Crippen LogP contribution in [0, 0.1) is 17.0 Å². The van der Waals surface area contributed by atoms with Crippen LogP contribution in [-0.4, -0.2) is 43.1 Å². The summed E-state index contributed by atoms with van der Waals surface area (Å²) in [6, 6.07) is -1.29. The highest BCUT2D eigenvalue weighted by atomic mass is 16.6. The normalized spacial score (nSPS) is 11.0. The van der Waals surface area contributed by atoms with Gasteiger partial charge < -0.3 is 26.1 Å². The van der Waals surface area contributed by atoms with Crippen LogP contribution >= 0.6 is 0 Å². The molecule has 0 saturated heterocycles. The van der Waals surface area contributed by atoms with Crippen molar-refractivity contribution in [2.24, 2.45) is 5.73 Å². The van der Waals surface area contributed by atoms with Crippen molar-refractivity contribution in [1.82, 2.24) is 9.97 Å². The van der Waals surface area contributed by atoms with Gasteiger partial charge in [-0.3, -0.25) is 9.59 Å². The van der Waals surface area contributed by atoms with Gasteiger partial charge in [0.15, 0.2) is 0 Å². The van der Waals surface area contributed by atoms with Crippen LogP contribution in [0.5, 0.6) is 0 Å². The van der Waals surface area contributed by atoms with E-state index in [-0.39, 0.29) is 5.95 Å². The number of aromatic amines is 1. The van der Waals surface area contributed by atoms with Gasteiger partial charge in [-0.2, -0.15) is 0 Å². The largest absolute Gasteiger partial charge is 0.481 e. The first-order chi connectivity index (χ1) is 8.23. The van der Waals surface area contributed by atoms with Crippen LogP contribution in [0.15, 0.2) is 6.20 Å². The highest BCUT2D eigenvalue weighted by Gasteiger charge is 2.14. The summed E-state index contributed by atoms with van der Waals surface area (Å²) in [7, 11) is 0. The van der Waals surface area contributed by atoms with Gasteiger partial charge in [-0.25, -0.2) is 4.98 Å². The van der Waals surface area contributed by atoms with Crippen LogP contribution in [0.4, 0.5) is 5.95 Å². The number of H-pyrrole nitrogens is 1. The Labute approximate surface area is 101 Å². The lowest BCUT2D eigenvalue weighted by Crippen LogP contribution is -2.32. The molecule has 100 valence electrons. The van der Waals surface area contributed by atoms with Crippen LogP contribution in [-0.2, 0) is 9.59 Å². The standard InChI is InChI=1S/C4H5N3O2.C4H7NO4/c1-3-2-5-4(6-3)7(8)9;5-2(4(8)9)1-3(6)7/h2H,1H3,(H,5,6);2H,1,5H2,(H,6,7)(H,8,9)/t;2-/m.0/s1. The van der Waals surface area contributed by atoms with Crippen LogP contribution in [0.25, 0.3) is 0 Å². The Bertz CT molecular complexity index is 443. The maximum absolute atomic E-state index is 9.93. The third-order valence-electron chi connectivity index (χ3n) is 1.57. The minimum atomic E-state index is -1.29. The molecule has 1 rings (SSSR count). The quantitative estimate of drug-likeness (QED) is 0.414. The van der Waals surface area contributed by atoms with E-state index < -0.39 is 29.3 Å². The van der Waals surface area contributed by atoms with Crippen LogP contribution in [0.1, 0.15) is 12.1 Å². The van der Waals surface area contributed by atoms with Crippen molar-refractivity contribution in [3.8, 4) is 0 Å². The molecule has 5 N–H and O–H groups in total. The summed E-state index contributed by atoms with van der Waals surface area (Å²) in [5.41, 5.74) is 5.53. The molecule has 0 aliphatic heterocycles. The zero-order valence-electron chi connectivity index (χ0n) is 9.36. The first-order valence-corrected chi connectivity index (χ1v) is 4.60. The molecule has 10 heteroatoms. The number of nitrogens with two attached hydrogens (primary N) is 1. The highest BCUT2D eigenvalue weighted by molar-refractivity contribution is 5.80. The predicted molar refractivity (Wildman–Crippen MR) is 57.8 cm³/mol. The summed E-state index contributed by atoms with van der Waals surface area (Å²) < 4.78 is 0. The number of carbonyl (C=O) groups is 2. The number of rotatable bonds is 4. The van der Waals surface area contributed by atoms with Crippen molar-refractivity contribution in [2.45, 2.75) is 19.4 Å². The van der Waals surface area contributed by atoms with Crippen molar-refractivity contribution < 1.29 is 24.7 Å². The van der Waals surface area contributed by atoms with Gasteiger partial charge in [0, 0.05) is 0 Å². The van der Waals surface area contributed by atoms with Gasteiger partial charge in [0.05, 0.1) is 6.42 Å². The topological polar surface area (TPSA) is 172 Å². The van der Waals surface area contributed by atoms with E-state index in [1.54, 1.807) is 6.92 Å². The third-order valence-corrected chi connectivity index (χ3v) is 1.57. The minimum absolute atomic E-state index is 0.201. The Morgan fingerprint density at radius 3 is 2.33 bits per heavy atom. The van der Waals surface area contributed by atoms with E-state index in [1.807, 2.05) is 0 Å². The molecule has 0 unspecified atom stereocenters. The number of nitrogens with one attached hydrogen (secondary N) is 1. The molecule has 0 radical (unpaired) electrons. The molecule has 0 spiro atoms. The minimum Gasteiger partial charge on any atom is -0.481 e. The van der Waals surface area contributed by atoms with Crippen LogP contribution < -0.4 is 5.73 Å². The second-order valence-electron chi connectivity index (χ2n) is 3.19. The Balaban J connectivity index is 0.000000321. The summed E-state index contributed by atoms with van der Waals surface area (Å²) >= 11 is 0. The van der Waals surface area contributed by atoms with E-state index in [1.165, 1.54) is 6.20 Å². The Morgan fingerprint density at radius 1 is 1.61 bits per heavy atom. The fraction of sp³-hybridized carbons (Fsp3) is 0.375. The second kappa shape index (κ2) is 6.96. The maximum Gasteiger partial charge on any atom is 0.432 e. The van der Waals surface area contributed by atoms with Crippen molar-refractivity contribution in [3.63, 3.8) is 0 Å². The van der Waals surface area contributed by atoms with Crippen LogP contribution in [0.3, 0.4) is 0 Å². The molecule has 1 heterocycles. The molecule has 0 aliphatic carbocycles. The van der Waals surface area contributed by atoms with Gasteiger partial charge in [-0.1, -0.05) is 4.98 Å². The molecular weight excluding hydrogens is 248 g/mol. The SMILES string of the molecule is Cc1cnc([N+](=O)[O-])[nH]1.N[C@@H](CC(=O)O)C(=O)O. The fourth-order valence-corrected chi connectivity index (χ4v) is 0.767. The zero-order valence-corrected chi connectivity index (χ0v) is 9.36. The van der Waals surface area contributed by atoms with E-state index in [9.17, 15) is 19.7 Å². The second-order valence-corrected chi connectivity index (χ2v) is 3.19. The molecule has 0 fully saturated rings. The molecule has 18 heavy (non-hydrogen) atoms. The number of aromatic nitrogens is 2. The molecule has 0 amide bonds. The van der Waals surface area contributed by atoms with Crippen molar-refractivity contribution >= 4 is 17.9 Å². The molecule has 0 aromatic carbocycles. The summed E-state index contributed by atoms with van der Waals surface area (Å²) in [6.07, 6.45) is 0.882. The number of nitrogens with zero attached hydrogens (tertiary/aromatic N) is 2. The Kier molecular flexibility index (Phi) is 6.00. The number of hydrogen-bond acceptors (Lipinski definition) is 6. The number of hydrogen-bond donors (Lipinski definition) is 4. The number of aryl methyl sites for hydroxylation is 1. The lowest BCUT2D eigenvalue weighted by atomic mass is 10.2. The summed E-state index contributed by atoms with van der Waals surface area (Å²) in [4.78, 5) is 34.9. The molecular formula is C8H12N4O6. The third kappa shape index (κ3) is 6.17. The van der Waals surface area contributed by atoms with Crippen molar-refractivity contribution in [3.05, 3.63) is 22.0 Å².